The zero-order chi connectivity index (χ0) is 81.6. The molecule has 125 heavy (non-hydrogen) atoms. The van der Waals surface area contributed by atoms with Gasteiger partial charge in [0.2, 0.25) is 0 Å². The summed E-state index contributed by atoms with van der Waals surface area (Å²) in [5.74, 6) is 0. The molecule has 6 aromatic heterocycles. The summed E-state index contributed by atoms with van der Waals surface area (Å²) in [7, 11) is 0. The van der Waals surface area contributed by atoms with Crippen LogP contribution in [0.2, 0.25) is 0 Å². The highest BCUT2D eigenvalue weighted by Gasteiger charge is 2.25. The van der Waals surface area contributed by atoms with Crippen LogP contribution in [0.3, 0.4) is 0 Å². The molecule has 576 valence electrons. The highest BCUT2D eigenvalue weighted by molar-refractivity contribution is 6.28. The summed E-state index contributed by atoms with van der Waals surface area (Å²) in [6.45, 7) is 0. The quantitative estimate of drug-likeness (QED) is 0.165. The second-order valence-electron chi connectivity index (χ2n) is 33.6. The lowest BCUT2D eigenvalue weighted by molar-refractivity contribution is 1.32. The van der Waals surface area contributed by atoms with Crippen LogP contribution in [-0.2, 0) is 0 Å². The number of hydrogen-bond donors (Lipinski definition) is 0. The molecule has 0 radical (unpaired) electrons. The van der Waals surface area contributed by atoms with Gasteiger partial charge in [-0.05, 0) is 260 Å². The monoisotopic (exact) mass is 1580 g/mol. The van der Waals surface area contributed by atoms with Gasteiger partial charge in [-0.3, -0.25) is 13.2 Å². The molecule has 6 nitrogen and oxygen atoms in total. The SMILES string of the molecule is c1cc(-c2ccc3c(c2)c2ccc4ccccc4c2c2nc4ccccc4n32)cc(-c2ccc3c4c(cccc24)-c2ccccc2-3)c1.c1ccc2c(c1)ccc1cc(-c3ccc4c(c3)c3ccc5ccccc5c3c3nc5ccccc5n43)ccc12.c1ccc2c(c1)ccc1ccc(-c3ccc4c(c3)c3ccc5ccccc5c3c3nc5ccccc5n43)cc12. The van der Waals surface area contributed by atoms with E-state index in [-0.39, 0.29) is 0 Å². The molecular weight excluding hydrogens is 1510 g/mol. The zero-order valence-corrected chi connectivity index (χ0v) is 67.6. The number of para-hydroxylation sites is 6. The Morgan fingerprint density at radius 3 is 0.920 bits per heavy atom. The lowest BCUT2D eigenvalue weighted by Crippen LogP contribution is -1.93. The first-order valence-electron chi connectivity index (χ1n) is 43.0. The fourth-order valence-corrected chi connectivity index (χ4v) is 21.2. The van der Waals surface area contributed by atoms with Gasteiger partial charge in [0.25, 0.3) is 0 Å². The third-order valence-corrected chi connectivity index (χ3v) is 26.9. The molecule has 0 N–H and O–H groups in total. The summed E-state index contributed by atoms with van der Waals surface area (Å²) < 4.78 is 7.04. The maximum absolute atomic E-state index is 5.19. The van der Waals surface area contributed by atoms with E-state index in [1.807, 2.05) is 0 Å². The predicted octanol–water partition coefficient (Wildman–Crippen LogP) is 31.9. The first-order chi connectivity index (χ1) is 62.0. The second-order valence-corrected chi connectivity index (χ2v) is 33.6. The van der Waals surface area contributed by atoms with E-state index >= 15 is 0 Å². The molecule has 0 spiro atoms. The van der Waals surface area contributed by atoms with Crippen LogP contribution in [0.1, 0.15) is 0 Å². The van der Waals surface area contributed by atoms with Crippen LogP contribution >= 0.6 is 0 Å². The van der Waals surface area contributed by atoms with Crippen molar-refractivity contribution < 1.29 is 0 Å². The molecule has 0 aliphatic heterocycles. The average Bonchev–Trinajstić information content (AvgIpc) is 1.62. The number of aromatic nitrogens is 6. The van der Waals surface area contributed by atoms with Gasteiger partial charge in [-0.15, -0.1) is 0 Å². The van der Waals surface area contributed by atoms with Crippen LogP contribution in [0, 0.1) is 0 Å². The van der Waals surface area contributed by atoms with E-state index in [9.17, 15) is 0 Å². The molecule has 6 heterocycles. The number of benzene rings is 22. The van der Waals surface area contributed by atoms with Gasteiger partial charge in [0.1, 0.15) is 16.9 Å². The predicted molar refractivity (Wildman–Crippen MR) is 529 cm³/mol. The molecular formula is C119H70N6. The Kier molecular flexibility index (Phi) is 14.9. The normalized spacial score (nSPS) is 12.2. The zero-order valence-electron chi connectivity index (χ0n) is 67.6. The van der Waals surface area contributed by atoms with E-state index in [0.29, 0.717) is 0 Å². The van der Waals surface area contributed by atoms with Crippen molar-refractivity contribution in [1.82, 2.24) is 28.2 Å². The van der Waals surface area contributed by atoms with Gasteiger partial charge in [-0.25, -0.2) is 15.0 Å². The Morgan fingerprint density at radius 2 is 0.432 bits per heavy atom. The average molecular weight is 1580 g/mol. The van der Waals surface area contributed by atoms with Crippen LogP contribution in [0.5, 0.6) is 0 Å². The summed E-state index contributed by atoms with van der Waals surface area (Å²) in [6, 6.07) is 155. The summed E-state index contributed by atoms with van der Waals surface area (Å²) in [5.41, 5.74) is 28.1. The van der Waals surface area contributed by atoms with Crippen molar-refractivity contribution in [2.75, 3.05) is 0 Å². The largest absolute Gasteiger partial charge is 0.292 e. The lowest BCUT2D eigenvalue weighted by Gasteiger charge is -2.14. The van der Waals surface area contributed by atoms with Crippen molar-refractivity contribution in [3.05, 3.63) is 425 Å². The molecule has 1 aliphatic rings. The Balaban J connectivity index is 0.0000000984. The van der Waals surface area contributed by atoms with Crippen molar-refractivity contribution in [1.29, 1.82) is 0 Å². The van der Waals surface area contributed by atoms with Gasteiger partial charge in [-0.2, -0.15) is 0 Å². The van der Waals surface area contributed by atoms with Gasteiger partial charge in [0.15, 0.2) is 0 Å². The van der Waals surface area contributed by atoms with E-state index < -0.39 is 0 Å². The van der Waals surface area contributed by atoms with Gasteiger partial charge >= 0.3 is 0 Å². The minimum Gasteiger partial charge on any atom is -0.292 e. The van der Waals surface area contributed by atoms with Crippen molar-refractivity contribution in [3.8, 4) is 66.8 Å². The molecule has 0 saturated carbocycles. The summed E-state index contributed by atoms with van der Waals surface area (Å²) >= 11 is 0. The molecule has 0 unspecified atom stereocenters. The number of rotatable bonds is 4. The summed E-state index contributed by atoms with van der Waals surface area (Å²) in [6.07, 6.45) is 0. The molecule has 0 bridgehead atoms. The molecule has 0 amide bonds. The Hall–Kier alpha value is -16.7. The minimum atomic E-state index is 1.01. The van der Waals surface area contributed by atoms with Crippen molar-refractivity contribution in [2.45, 2.75) is 0 Å². The molecule has 22 aromatic carbocycles. The molecule has 29 rings (SSSR count). The highest BCUT2D eigenvalue weighted by atomic mass is 15.0. The van der Waals surface area contributed by atoms with Gasteiger partial charge < -0.3 is 0 Å². The molecule has 28 aromatic rings. The lowest BCUT2D eigenvalue weighted by atomic mass is 9.92. The van der Waals surface area contributed by atoms with E-state index in [4.69, 9.17) is 15.0 Å². The van der Waals surface area contributed by atoms with Crippen LogP contribution in [0.15, 0.2) is 425 Å². The molecule has 1 aliphatic carbocycles. The van der Waals surface area contributed by atoms with Gasteiger partial charge in [0, 0.05) is 32.3 Å². The Bertz CT molecular complexity index is 9570. The van der Waals surface area contributed by atoms with E-state index in [0.717, 1.165) is 50.0 Å². The summed E-state index contributed by atoms with van der Waals surface area (Å²) in [4.78, 5) is 15.5. The smallest absolute Gasteiger partial charge is 0.147 e. The van der Waals surface area contributed by atoms with Crippen molar-refractivity contribution in [2.24, 2.45) is 0 Å². The Morgan fingerprint density at radius 1 is 0.136 bits per heavy atom. The summed E-state index contributed by atoms with van der Waals surface area (Å²) in [5, 5.41) is 31.3. The Labute approximate surface area is 715 Å². The molecule has 0 atom stereocenters. The number of hydrogen-bond acceptors (Lipinski definition) is 3. The fourth-order valence-electron chi connectivity index (χ4n) is 21.2. The third-order valence-electron chi connectivity index (χ3n) is 26.9. The minimum absolute atomic E-state index is 1.01. The van der Waals surface area contributed by atoms with E-state index in [1.54, 1.807) is 0 Å². The fraction of sp³-hybridized carbons (Fsp3) is 0. The van der Waals surface area contributed by atoms with Crippen molar-refractivity contribution in [3.63, 3.8) is 0 Å². The van der Waals surface area contributed by atoms with Crippen LogP contribution in [0.4, 0.5) is 0 Å². The van der Waals surface area contributed by atoms with Gasteiger partial charge in [0.05, 0.1) is 49.7 Å². The van der Waals surface area contributed by atoms with Gasteiger partial charge in [-0.1, -0.05) is 334 Å². The first kappa shape index (κ1) is 69.2. The van der Waals surface area contributed by atoms with Crippen LogP contribution in [0.25, 0.3) is 268 Å². The maximum Gasteiger partial charge on any atom is 0.147 e. The highest BCUT2D eigenvalue weighted by Crippen LogP contribution is 2.51. The molecule has 6 heteroatoms. The third kappa shape index (κ3) is 10.5. The number of nitrogens with zero attached hydrogens (tertiary/aromatic N) is 6. The second kappa shape index (κ2) is 26.9. The van der Waals surface area contributed by atoms with E-state index in [1.165, 1.54) is 218 Å². The van der Waals surface area contributed by atoms with Crippen LogP contribution in [-0.4, -0.2) is 28.2 Å². The molecule has 0 fully saturated rings. The number of imidazole rings is 3. The van der Waals surface area contributed by atoms with E-state index in [2.05, 4.69) is 438 Å². The number of pyridine rings is 3. The topological polar surface area (TPSA) is 51.9 Å². The van der Waals surface area contributed by atoms with Crippen molar-refractivity contribution >= 4 is 201 Å². The number of fused-ring (bicyclic) bond motifs is 39. The molecule has 0 saturated heterocycles. The first-order valence-corrected chi connectivity index (χ1v) is 43.0. The maximum atomic E-state index is 5.19. The van der Waals surface area contributed by atoms with Crippen LogP contribution < -0.4 is 0 Å². The standard InChI is InChI=1S/C45H26N2.2C37H22N2/c1-2-12-32-27(9-1)19-21-38-39-26-29(20-24-41(39)47-42-18-6-5-17-40(42)46-45(47)44(32)38)28-10-7-11-30(25-28)31-22-23-37-34-14-4-3-13-33(34)36-16-8-15-35(31)43(36)37;1-3-9-28-23(7-1)13-14-27-21-25(16-18-29(27)28)26-17-20-34-32(22-26)31-19-15-24-8-2-4-10-30(24)36(31)37-38-33-11-5-6-12-35(33)39(34)37;1-3-9-28-23(7-1)13-14-25-15-16-26(21-31(25)28)27-18-20-34-32(22-27)30-19-17-24-8-2-4-10-29(24)36(30)37-38-33-11-5-6-12-35(33)39(34)37/h1-26H;2*1-22H.